The zero-order chi connectivity index (χ0) is 19.6. The standard InChI is InChI=1S/C26H45N/c1-4-7-9-11-13-18-22-26(27-23-24-19-15-14-16-20-24)25(6-3)21-17-12-10-8-5-2/h6,14-16,19-20,25-27H,3-5,7-13,17-18,21-23H2,1-2H3. The third kappa shape index (κ3) is 12.1. The molecule has 154 valence electrons. The van der Waals surface area contributed by atoms with Crippen molar-refractivity contribution in [2.75, 3.05) is 0 Å². The molecule has 0 aromatic heterocycles. The molecule has 0 heterocycles. The van der Waals surface area contributed by atoms with E-state index in [-0.39, 0.29) is 0 Å². The maximum Gasteiger partial charge on any atom is 0.0208 e. The van der Waals surface area contributed by atoms with Crippen molar-refractivity contribution < 1.29 is 0 Å². The molecule has 0 bridgehead atoms. The Balaban J connectivity index is 2.46. The molecule has 1 rings (SSSR count). The molecule has 1 nitrogen and oxygen atoms in total. The highest BCUT2D eigenvalue weighted by molar-refractivity contribution is 5.14. The van der Waals surface area contributed by atoms with Crippen LogP contribution in [0.15, 0.2) is 43.0 Å². The highest BCUT2D eigenvalue weighted by Gasteiger charge is 2.17. The second-order valence-electron chi connectivity index (χ2n) is 8.13. The summed E-state index contributed by atoms with van der Waals surface area (Å²) in [4.78, 5) is 0. The Labute approximate surface area is 170 Å². The fraction of sp³-hybridized carbons (Fsp3) is 0.692. The minimum absolute atomic E-state index is 0.569. The van der Waals surface area contributed by atoms with E-state index in [1.807, 2.05) is 0 Å². The fourth-order valence-electron chi connectivity index (χ4n) is 3.92. The molecule has 1 heteroatoms. The predicted octanol–water partition coefficient (Wildman–Crippen LogP) is 8.06. The van der Waals surface area contributed by atoms with Crippen LogP contribution in [0.5, 0.6) is 0 Å². The van der Waals surface area contributed by atoms with E-state index in [4.69, 9.17) is 0 Å². The lowest BCUT2D eigenvalue weighted by Crippen LogP contribution is -2.35. The van der Waals surface area contributed by atoms with Crippen LogP contribution in [0.25, 0.3) is 0 Å². The molecule has 1 aromatic rings. The van der Waals surface area contributed by atoms with Crippen LogP contribution >= 0.6 is 0 Å². The molecular weight excluding hydrogens is 326 g/mol. The Bertz CT molecular complexity index is 439. The number of benzene rings is 1. The van der Waals surface area contributed by atoms with Gasteiger partial charge in [0.1, 0.15) is 0 Å². The highest BCUT2D eigenvalue weighted by Crippen LogP contribution is 2.21. The molecule has 0 aliphatic heterocycles. The van der Waals surface area contributed by atoms with Crippen molar-refractivity contribution in [3.8, 4) is 0 Å². The summed E-state index contributed by atoms with van der Waals surface area (Å²) in [5, 5.41) is 3.87. The zero-order valence-corrected chi connectivity index (χ0v) is 18.2. The molecule has 0 aliphatic carbocycles. The molecule has 1 N–H and O–H groups in total. The molecule has 0 saturated heterocycles. The van der Waals surface area contributed by atoms with Crippen LogP contribution in [-0.2, 0) is 6.54 Å². The van der Waals surface area contributed by atoms with E-state index < -0.39 is 0 Å². The van der Waals surface area contributed by atoms with Crippen LogP contribution in [0.2, 0.25) is 0 Å². The summed E-state index contributed by atoms with van der Waals surface area (Å²) in [6.07, 6.45) is 19.9. The highest BCUT2D eigenvalue weighted by atomic mass is 14.9. The third-order valence-electron chi connectivity index (χ3n) is 5.74. The van der Waals surface area contributed by atoms with Crippen LogP contribution in [0.1, 0.15) is 103 Å². The van der Waals surface area contributed by atoms with Gasteiger partial charge < -0.3 is 5.32 Å². The van der Waals surface area contributed by atoms with Gasteiger partial charge in [-0.05, 0) is 24.3 Å². The summed E-state index contributed by atoms with van der Waals surface area (Å²) in [5.74, 6) is 0.603. The normalized spacial score (nSPS) is 13.4. The van der Waals surface area contributed by atoms with Gasteiger partial charge in [-0.15, -0.1) is 6.58 Å². The van der Waals surface area contributed by atoms with E-state index in [9.17, 15) is 0 Å². The third-order valence-corrected chi connectivity index (χ3v) is 5.74. The summed E-state index contributed by atoms with van der Waals surface area (Å²) >= 11 is 0. The van der Waals surface area contributed by atoms with E-state index in [2.05, 4.69) is 62.2 Å². The number of hydrogen-bond acceptors (Lipinski definition) is 1. The Morgan fingerprint density at radius 2 is 1.33 bits per heavy atom. The monoisotopic (exact) mass is 371 g/mol. The van der Waals surface area contributed by atoms with Gasteiger partial charge in [0.15, 0.2) is 0 Å². The first kappa shape index (κ1) is 24.0. The maximum absolute atomic E-state index is 4.18. The van der Waals surface area contributed by atoms with Gasteiger partial charge in [0, 0.05) is 12.6 Å². The van der Waals surface area contributed by atoms with Crippen LogP contribution < -0.4 is 5.32 Å². The quantitative estimate of drug-likeness (QED) is 0.203. The van der Waals surface area contributed by atoms with E-state index in [1.165, 1.54) is 89.0 Å². The largest absolute Gasteiger partial charge is 0.309 e. The second kappa shape index (κ2) is 17.0. The van der Waals surface area contributed by atoms with Gasteiger partial charge in [-0.25, -0.2) is 0 Å². The Morgan fingerprint density at radius 1 is 0.778 bits per heavy atom. The minimum Gasteiger partial charge on any atom is -0.309 e. The van der Waals surface area contributed by atoms with Gasteiger partial charge in [-0.2, -0.15) is 0 Å². The van der Waals surface area contributed by atoms with Crippen LogP contribution in [0.4, 0.5) is 0 Å². The second-order valence-corrected chi connectivity index (χ2v) is 8.13. The van der Waals surface area contributed by atoms with Crippen molar-refractivity contribution >= 4 is 0 Å². The lowest BCUT2D eigenvalue weighted by atomic mass is 9.89. The van der Waals surface area contributed by atoms with Gasteiger partial charge in [-0.3, -0.25) is 0 Å². The minimum atomic E-state index is 0.569. The van der Waals surface area contributed by atoms with Crippen LogP contribution in [-0.4, -0.2) is 6.04 Å². The molecule has 0 fully saturated rings. The SMILES string of the molecule is C=CC(CCCCCCC)C(CCCCCCCC)NCc1ccccc1. The summed E-state index contributed by atoms with van der Waals surface area (Å²) < 4.78 is 0. The Kier molecular flexibility index (Phi) is 15.1. The van der Waals surface area contributed by atoms with E-state index in [1.54, 1.807) is 0 Å². The molecule has 0 amide bonds. The van der Waals surface area contributed by atoms with Crippen molar-refractivity contribution in [2.45, 2.75) is 110 Å². The number of hydrogen-bond donors (Lipinski definition) is 1. The van der Waals surface area contributed by atoms with Gasteiger partial charge >= 0.3 is 0 Å². The van der Waals surface area contributed by atoms with Crippen molar-refractivity contribution in [2.24, 2.45) is 5.92 Å². The molecule has 27 heavy (non-hydrogen) atoms. The van der Waals surface area contributed by atoms with Gasteiger partial charge in [0.05, 0.1) is 0 Å². The topological polar surface area (TPSA) is 12.0 Å². The van der Waals surface area contributed by atoms with Crippen molar-refractivity contribution in [3.63, 3.8) is 0 Å². The Hall–Kier alpha value is -1.08. The first-order chi connectivity index (χ1) is 13.3. The number of unbranched alkanes of at least 4 members (excludes halogenated alkanes) is 9. The zero-order valence-electron chi connectivity index (χ0n) is 18.2. The summed E-state index contributed by atoms with van der Waals surface area (Å²) in [6.45, 7) is 9.73. The molecule has 0 saturated carbocycles. The lowest BCUT2D eigenvalue weighted by Gasteiger charge is -2.26. The van der Waals surface area contributed by atoms with Crippen molar-refractivity contribution in [3.05, 3.63) is 48.6 Å². The summed E-state index contributed by atoms with van der Waals surface area (Å²) in [6, 6.07) is 11.4. The van der Waals surface area contributed by atoms with Gasteiger partial charge in [0.25, 0.3) is 0 Å². The maximum atomic E-state index is 4.18. The van der Waals surface area contributed by atoms with E-state index in [0.29, 0.717) is 12.0 Å². The van der Waals surface area contributed by atoms with Crippen molar-refractivity contribution in [1.29, 1.82) is 0 Å². The summed E-state index contributed by atoms with van der Waals surface area (Å²) in [7, 11) is 0. The molecule has 0 spiro atoms. The molecule has 0 aliphatic rings. The summed E-state index contributed by atoms with van der Waals surface area (Å²) in [5.41, 5.74) is 1.39. The molecular formula is C26H45N. The lowest BCUT2D eigenvalue weighted by molar-refractivity contribution is 0.346. The van der Waals surface area contributed by atoms with E-state index >= 15 is 0 Å². The smallest absolute Gasteiger partial charge is 0.0208 e. The molecule has 0 radical (unpaired) electrons. The van der Waals surface area contributed by atoms with Gasteiger partial charge in [-0.1, -0.05) is 121 Å². The van der Waals surface area contributed by atoms with Crippen LogP contribution in [0.3, 0.4) is 0 Å². The average Bonchev–Trinajstić information content (AvgIpc) is 2.71. The predicted molar refractivity (Wildman–Crippen MR) is 122 cm³/mol. The molecule has 2 unspecified atom stereocenters. The van der Waals surface area contributed by atoms with E-state index in [0.717, 1.165) is 6.54 Å². The van der Waals surface area contributed by atoms with Crippen LogP contribution in [0, 0.1) is 5.92 Å². The first-order valence-corrected chi connectivity index (χ1v) is 11.7. The van der Waals surface area contributed by atoms with Crippen molar-refractivity contribution in [1.82, 2.24) is 5.32 Å². The average molecular weight is 372 g/mol. The first-order valence-electron chi connectivity index (χ1n) is 11.7. The van der Waals surface area contributed by atoms with Gasteiger partial charge in [0.2, 0.25) is 0 Å². The molecule has 2 atom stereocenters. The Morgan fingerprint density at radius 3 is 1.93 bits per heavy atom. The number of rotatable bonds is 18. The fourth-order valence-corrected chi connectivity index (χ4v) is 3.92. The number of nitrogens with one attached hydrogen (secondary N) is 1. The molecule has 1 aromatic carbocycles.